The van der Waals surface area contributed by atoms with E-state index in [1.807, 2.05) is 43.5 Å². The maximum Gasteiger partial charge on any atom is 0.416 e. The first kappa shape index (κ1) is 21.6. The van der Waals surface area contributed by atoms with Crippen molar-refractivity contribution in [3.05, 3.63) is 53.6 Å². The standard InChI is InChI=1S/C20H20F3N3OS2/c1-25(2)10-11-26(18(27)13-4-6-14(7-5-13)20(21,22)23)19-24-16-9-8-15(28-3)12-17(16)29-19/h4-9,12H,10-11H2,1-3H3. The zero-order valence-corrected chi connectivity index (χ0v) is 17.8. The number of rotatable bonds is 6. The summed E-state index contributed by atoms with van der Waals surface area (Å²) in [6.07, 6.45) is -2.45. The molecule has 1 heterocycles. The van der Waals surface area contributed by atoms with Crippen LogP contribution in [0, 0.1) is 0 Å². The third-order valence-electron chi connectivity index (χ3n) is 4.29. The molecule has 1 aromatic heterocycles. The summed E-state index contributed by atoms with van der Waals surface area (Å²) in [7, 11) is 3.79. The number of thioether (sulfide) groups is 1. The van der Waals surface area contributed by atoms with Crippen molar-refractivity contribution in [2.24, 2.45) is 0 Å². The zero-order chi connectivity index (χ0) is 21.2. The third kappa shape index (κ3) is 5.09. The Morgan fingerprint density at radius 3 is 2.38 bits per heavy atom. The van der Waals surface area contributed by atoms with Gasteiger partial charge in [0.05, 0.1) is 15.8 Å². The average molecular weight is 440 g/mol. The Hall–Kier alpha value is -2.10. The van der Waals surface area contributed by atoms with Crippen LogP contribution >= 0.6 is 23.1 Å². The minimum absolute atomic E-state index is 0.195. The van der Waals surface area contributed by atoms with E-state index in [2.05, 4.69) is 4.98 Å². The highest BCUT2D eigenvalue weighted by Gasteiger charge is 2.30. The van der Waals surface area contributed by atoms with Gasteiger partial charge >= 0.3 is 6.18 Å². The van der Waals surface area contributed by atoms with Crippen molar-refractivity contribution < 1.29 is 18.0 Å². The third-order valence-corrected chi connectivity index (χ3v) is 6.06. The molecule has 2 aromatic carbocycles. The van der Waals surface area contributed by atoms with Crippen molar-refractivity contribution in [2.45, 2.75) is 11.1 Å². The second kappa shape index (κ2) is 8.73. The lowest BCUT2D eigenvalue weighted by atomic mass is 10.1. The summed E-state index contributed by atoms with van der Waals surface area (Å²) in [6.45, 7) is 0.973. The second-order valence-electron chi connectivity index (χ2n) is 6.67. The van der Waals surface area contributed by atoms with Gasteiger partial charge in [-0.3, -0.25) is 9.69 Å². The number of likely N-dealkylation sites (N-methyl/N-ethyl adjacent to an activating group) is 1. The topological polar surface area (TPSA) is 36.4 Å². The number of hydrogen-bond acceptors (Lipinski definition) is 5. The fourth-order valence-corrected chi connectivity index (χ4v) is 4.22. The van der Waals surface area contributed by atoms with Gasteiger partial charge in [0, 0.05) is 23.5 Å². The number of benzene rings is 2. The van der Waals surface area contributed by atoms with Crippen LogP contribution < -0.4 is 4.90 Å². The van der Waals surface area contributed by atoms with Gasteiger partial charge in [-0.15, -0.1) is 11.8 Å². The Morgan fingerprint density at radius 2 is 1.79 bits per heavy atom. The minimum atomic E-state index is -4.44. The van der Waals surface area contributed by atoms with Gasteiger partial charge in [0.2, 0.25) is 0 Å². The molecule has 9 heteroatoms. The second-order valence-corrected chi connectivity index (χ2v) is 8.55. The highest BCUT2D eigenvalue weighted by Crippen LogP contribution is 2.33. The molecule has 0 spiro atoms. The van der Waals surface area contributed by atoms with E-state index in [9.17, 15) is 18.0 Å². The summed E-state index contributed by atoms with van der Waals surface area (Å²) in [4.78, 5) is 22.3. The lowest BCUT2D eigenvalue weighted by Gasteiger charge is -2.22. The molecule has 0 radical (unpaired) electrons. The molecule has 0 aliphatic rings. The van der Waals surface area contributed by atoms with Crippen LogP contribution in [0.25, 0.3) is 10.2 Å². The number of thiazole rings is 1. The fourth-order valence-electron chi connectivity index (χ4n) is 2.68. The summed E-state index contributed by atoms with van der Waals surface area (Å²) in [5.41, 5.74) is 0.206. The number of carbonyl (C=O) groups excluding carboxylic acids is 1. The van der Waals surface area contributed by atoms with E-state index in [0.29, 0.717) is 18.2 Å². The number of fused-ring (bicyclic) bond motifs is 1. The van der Waals surface area contributed by atoms with Crippen LogP contribution in [-0.4, -0.2) is 49.2 Å². The lowest BCUT2D eigenvalue weighted by Crippen LogP contribution is -2.36. The molecule has 1 amide bonds. The first-order valence-electron chi connectivity index (χ1n) is 8.77. The van der Waals surface area contributed by atoms with Gasteiger partial charge in [-0.2, -0.15) is 13.2 Å². The Kier molecular flexibility index (Phi) is 6.50. The number of nitrogens with zero attached hydrogens (tertiary/aromatic N) is 3. The van der Waals surface area contributed by atoms with Crippen molar-refractivity contribution in [3.8, 4) is 0 Å². The predicted molar refractivity (Wildman–Crippen MR) is 113 cm³/mol. The maximum absolute atomic E-state index is 13.1. The highest BCUT2D eigenvalue weighted by atomic mass is 32.2. The SMILES string of the molecule is CSc1ccc2nc(N(CCN(C)C)C(=O)c3ccc(C(F)(F)F)cc3)sc2c1. The van der Waals surface area contributed by atoms with E-state index in [-0.39, 0.29) is 11.5 Å². The van der Waals surface area contributed by atoms with Gasteiger partial charge in [-0.1, -0.05) is 11.3 Å². The molecule has 3 rings (SSSR count). The van der Waals surface area contributed by atoms with Crippen LogP contribution in [-0.2, 0) is 6.18 Å². The minimum Gasteiger partial charge on any atom is -0.308 e. The monoisotopic (exact) mass is 439 g/mol. The van der Waals surface area contributed by atoms with Crippen LogP contribution in [0.2, 0.25) is 0 Å². The molecule has 0 aliphatic carbocycles. The maximum atomic E-state index is 13.1. The average Bonchev–Trinajstić information content (AvgIpc) is 3.09. The van der Waals surface area contributed by atoms with Gasteiger partial charge in [0.1, 0.15) is 0 Å². The number of amides is 1. The molecule has 154 valence electrons. The number of carbonyl (C=O) groups is 1. The van der Waals surface area contributed by atoms with Crippen molar-refractivity contribution >= 4 is 44.4 Å². The number of anilines is 1. The highest BCUT2D eigenvalue weighted by molar-refractivity contribution is 7.98. The number of aromatic nitrogens is 1. The van der Waals surface area contributed by atoms with E-state index < -0.39 is 11.7 Å². The number of alkyl halides is 3. The molecule has 0 fully saturated rings. The molecule has 4 nitrogen and oxygen atoms in total. The zero-order valence-electron chi connectivity index (χ0n) is 16.2. The van der Waals surface area contributed by atoms with Crippen molar-refractivity contribution in [1.29, 1.82) is 0 Å². The molecule has 0 atom stereocenters. The summed E-state index contributed by atoms with van der Waals surface area (Å²) >= 11 is 3.02. The van der Waals surface area contributed by atoms with Crippen molar-refractivity contribution in [1.82, 2.24) is 9.88 Å². The van der Waals surface area contributed by atoms with Crippen molar-refractivity contribution in [3.63, 3.8) is 0 Å². The summed E-state index contributed by atoms with van der Waals surface area (Å²) in [5.74, 6) is -0.371. The van der Waals surface area contributed by atoms with Crippen LogP contribution in [0.5, 0.6) is 0 Å². The summed E-state index contributed by atoms with van der Waals surface area (Å²) in [5, 5.41) is 0.532. The van der Waals surface area contributed by atoms with Crippen LogP contribution in [0.4, 0.5) is 18.3 Å². The molecule has 0 saturated heterocycles. The Bertz CT molecular complexity index is 1000. The van der Waals surface area contributed by atoms with Gasteiger partial charge in [0.25, 0.3) is 5.91 Å². The Labute approximate surface area is 175 Å². The van der Waals surface area contributed by atoms with Gasteiger partial charge in [-0.05, 0) is 62.8 Å². The molecule has 29 heavy (non-hydrogen) atoms. The smallest absolute Gasteiger partial charge is 0.308 e. The predicted octanol–water partition coefficient (Wildman–Crippen LogP) is 5.25. The molecule has 0 unspecified atom stereocenters. The number of hydrogen-bond donors (Lipinski definition) is 0. The molecular formula is C20H20F3N3OS2. The molecule has 3 aromatic rings. The fraction of sp³-hybridized carbons (Fsp3) is 0.300. The number of halogens is 3. The van der Waals surface area contributed by atoms with E-state index >= 15 is 0 Å². The molecule has 0 bridgehead atoms. The van der Waals surface area contributed by atoms with Crippen LogP contribution in [0.1, 0.15) is 15.9 Å². The molecule has 0 aliphatic heterocycles. The molecule has 0 saturated carbocycles. The van der Waals surface area contributed by atoms with Gasteiger partial charge in [0.15, 0.2) is 5.13 Å². The van der Waals surface area contributed by atoms with Gasteiger partial charge < -0.3 is 4.90 Å². The quantitative estimate of drug-likeness (QED) is 0.492. The van der Waals surface area contributed by atoms with Crippen LogP contribution in [0.3, 0.4) is 0 Å². The van der Waals surface area contributed by atoms with Gasteiger partial charge in [-0.25, -0.2) is 4.98 Å². The Morgan fingerprint density at radius 1 is 1.10 bits per heavy atom. The van der Waals surface area contributed by atoms with E-state index in [4.69, 9.17) is 0 Å². The normalized spacial score (nSPS) is 12.0. The molecule has 0 N–H and O–H groups in total. The summed E-state index contributed by atoms with van der Waals surface area (Å²) in [6, 6.07) is 10.2. The van der Waals surface area contributed by atoms with Crippen LogP contribution in [0.15, 0.2) is 47.4 Å². The first-order chi connectivity index (χ1) is 13.7. The van der Waals surface area contributed by atoms with E-state index in [0.717, 1.165) is 27.2 Å². The molecular weight excluding hydrogens is 419 g/mol. The largest absolute Gasteiger partial charge is 0.416 e. The first-order valence-corrected chi connectivity index (χ1v) is 10.8. The van der Waals surface area contributed by atoms with E-state index in [1.165, 1.54) is 28.4 Å². The summed E-state index contributed by atoms with van der Waals surface area (Å²) < 4.78 is 39.4. The lowest BCUT2D eigenvalue weighted by molar-refractivity contribution is -0.137. The van der Waals surface area contributed by atoms with Crippen molar-refractivity contribution in [2.75, 3.05) is 38.3 Å². The Balaban J connectivity index is 1.95. The van der Waals surface area contributed by atoms with E-state index in [1.54, 1.807) is 11.8 Å².